The van der Waals surface area contributed by atoms with Crippen LogP contribution in [-0.4, -0.2) is 40.9 Å². The zero-order valence-corrected chi connectivity index (χ0v) is 14.9. The number of hydrogen-bond acceptors (Lipinski definition) is 3. The molecule has 4 rings (SSSR count). The number of piperidine rings is 1. The molecule has 4 nitrogen and oxygen atoms in total. The number of rotatable bonds is 4. The highest BCUT2D eigenvalue weighted by Crippen LogP contribution is 2.36. The van der Waals surface area contributed by atoms with Crippen LogP contribution in [0.4, 0.5) is 5.82 Å². The van der Waals surface area contributed by atoms with Crippen molar-refractivity contribution in [3.63, 3.8) is 0 Å². The van der Waals surface area contributed by atoms with Crippen LogP contribution >= 0.6 is 0 Å². The topological polar surface area (TPSA) is 33.1 Å². The van der Waals surface area contributed by atoms with Crippen LogP contribution < -0.4 is 5.32 Å². The van der Waals surface area contributed by atoms with E-state index in [-0.39, 0.29) is 0 Å². The maximum absolute atomic E-state index is 5.08. The first-order valence-corrected chi connectivity index (χ1v) is 9.47. The Hall–Kier alpha value is -1.81. The lowest BCUT2D eigenvalue weighted by Gasteiger charge is -2.31. The molecule has 1 N–H and O–H groups in total. The lowest BCUT2D eigenvalue weighted by Crippen LogP contribution is -2.34. The standard InChI is InChI=1S/C20H28N4/c1-3-15-7-9-17(10-8-15)24-20-18(11-12-21-20)19(22-24)16-6-5-13-23(4-2)14-16/h7-10,16,21H,3-6,11-14H2,1-2H3. The molecule has 0 aliphatic carbocycles. The fraction of sp³-hybridized carbons (Fsp3) is 0.550. The van der Waals surface area contributed by atoms with Gasteiger partial charge in [0.05, 0.1) is 11.4 Å². The summed E-state index contributed by atoms with van der Waals surface area (Å²) in [5.41, 5.74) is 5.35. The van der Waals surface area contributed by atoms with Crippen molar-refractivity contribution in [3.8, 4) is 5.69 Å². The van der Waals surface area contributed by atoms with Crippen molar-refractivity contribution < 1.29 is 0 Å². The van der Waals surface area contributed by atoms with Crippen LogP contribution in [-0.2, 0) is 12.8 Å². The molecule has 2 aromatic rings. The molecule has 2 aliphatic rings. The van der Waals surface area contributed by atoms with E-state index in [0.29, 0.717) is 5.92 Å². The highest BCUT2D eigenvalue weighted by molar-refractivity contribution is 5.58. The summed E-state index contributed by atoms with van der Waals surface area (Å²) >= 11 is 0. The third kappa shape index (κ3) is 2.73. The van der Waals surface area contributed by atoms with Crippen molar-refractivity contribution >= 4 is 5.82 Å². The molecule has 1 atom stereocenters. The smallest absolute Gasteiger partial charge is 0.133 e. The quantitative estimate of drug-likeness (QED) is 0.933. The minimum absolute atomic E-state index is 0.587. The van der Waals surface area contributed by atoms with E-state index >= 15 is 0 Å². The maximum atomic E-state index is 5.08. The highest BCUT2D eigenvalue weighted by atomic mass is 15.3. The number of nitrogens with one attached hydrogen (secondary N) is 1. The van der Waals surface area contributed by atoms with Crippen LogP contribution in [0.15, 0.2) is 24.3 Å². The summed E-state index contributed by atoms with van der Waals surface area (Å²) in [6.07, 6.45) is 4.75. The Morgan fingerprint density at radius 2 is 2.04 bits per heavy atom. The maximum Gasteiger partial charge on any atom is 0.133 e. The molecule has 0 saturated carbocycles. The normalized spacial score (nSPS) is 20.8. The Labute approximate surface area is 144 Å². The van der Waals surface area contributed by atoms with Gasteiger partial charge in [-0.15, -0.1) is 0 Å². The fourth-order valence-electron chi connectivity index (χ4n) is 4.15. The third-order valence-corrected chi connectivity index (χ3v) is 5.61. The SMILES string of the molecule is CCc1ccc(-n2nc(C3CCCN(CC)C3)c3c2NCC3)cc1. The molecule has 0 spiro atoms. The molecule has 3 heterocycles. The van der Waals surface area contributed by atoms with Crippen LogP contribution in [0.1, 0.15) is 49.4 Å². The first-order valence-electron chi connectivity index (χ1n) is 9.47. The number of benzene rings is 1. The van der Waals surface area contributed by atoms with E-state index in [4.69, 9.17) is 5.10 Å². The molecular formula is C20H28N4. The predicted molar refractivity (Wildman–Crippen MR) is 99.2 cm³/mol. The average Bonchev–Trinajstić information content (AvgIpc) is 3.24. The van der Waals surface area contributed by atoms with Crippen molar-refractivity contribution in [2.24, 2.45) is 0 Å². The van der Waals surface area contributed by atoms with Gasteiger partial charge in [0, 0.05) is 24.6 Å². The van der Waals surface area contributed by atoms with Gasteiger partial charge < -0.3 is 10.2 Å². The Bertz CT molecular complexity index is 701. The van der Waals surface area contributed by atoms with Gasteiger partial charge in [0.15, 0.2) is 0 Å². The van der Waals surface area contributed by atoms with Crippen molar-refractivity contribution in [3.05, 3.63) is 41.1 Å². The first-order chi connectivity index (χ1) is 11.8. The van der Waals surface area contributed by atoms with E-state index in [9.17, 15) is 0 Å². The number of likely N-dealkylation sites (tertiary alicyclic amines) is 1. The Morgan fingerprint density at radius 3 is 2.79 bits per heavy atom. The molecule has 0 bridgehead atoms. The molecule has 128 valence electrons. The zero-order valence-electron chi connectivity index (χ0n) is 14.9. The minimum Gasteiger partial charge on any atom is -0.369 e. The van der Waals surface area contributed by atoms with E-state index in [1.165, 1.54) is 47.7 Å². The lowest BCUT2D eigenvalue weighted by atomic mass is 9.92. The lowest BCUT2D eigenvalue weighted by molar-refractivity contribution is 0.215. The average molecular weight is 324 g/mol. The Morgan fingerprint density at radius 1 is 1.21 bits per heavy atom. The first kappa shape index (κ1) is 15.7. The third-order valence-electron chi connectivity index (χ3n) is 5.61. The summed E-state index contributed by atoms with van der Waals surface area (Å²) in [6.45, 7) is 9.06. The molecule has 0 amide bonds. The summed E-state index contributed by atoms with van der Waals surface area (Å²) in [4.78, 5) is 2.57. The van der Waals surface area contributed by atoms with E-state index in [1.54, 1.807) is 0 Å². The summed E-state index contributed by atoms with van der Waals surface area (Å²) in [5.74, 6) is 1.81. The molecule has 0 radical (unpaired) electrons. The van der Waals surface area contributed by atoms with Gasteiger partial charge in [-0.05, 0) is 56.5 Å². The fourth-order valence-corrected chi connectivity index (χ4v) is 4.15. The largest absolute Gasteiger partial charge is 0.369 e. The van der Waals surface area contributed by atoms with Crippen LogP contribution in [0.2, 0.25) is 0 Å². The van der Waals surface area contributed by atoms with E-state index < -0.39 is 0 Å². The molecule has 24 heavy (non-hydrogen) atoms. The summed E-state index contributed by atoms with van der Waals surface area (Å²) in [5, 5.41) is 8.64. The van der Waals surface area contributed by atoms with Gasteiger partial charge in [-0.2, -0.15) is 5.10 Å². The number of likely N-dealkylation sites (N-methyl/N-ethyl adjacent to an activating group) is 1. The van der Waals surface area contributed by atoms with Crippen LogP contribution in [0, 0.1) is 0 Å². The van der Waals surface area contributed by atoms with Crippen LogP contribution in [0.5, 0.6) is 0 Å². The molecule has 2 aliphatic heterocycles. The van der Waals surface area contributed by atoms with Gasteiger partial charge in [0.1, 0.15) is 5.82 Å². The van der Waals surface area contributed by atoms with Crippen molar-refractivity contribution in [2.45, 2.75) is 45.4 Å². The van der Waals surface area contributed by atoms with Crippen molar-refractivity contribution in [2.75, 3.05) is 31.5 Å². The number of nitrogens with zero attached hydrogens (tertiary/aromatic N) is 3. The highest BCUT2D eigenvalue weighted by Gasteiger charge is 2.30. The molecule has 1 aromatic carbocycles. The van der Waals surface area contributed by atoms with Gasteiger partial charge in [-0.25, -0.2) is 4.68 Å². The van der Waals surface area contributed by atoms with Crippen LogP contribution in [0.3, 0.4) is 0 Å². The Kier molecular flexibility index (Phi) is 4.31. The number of fused-ring (bicyclic) bond motifs is 1. The zero-order chi connectivity index (χ0) is 16.5. The predicted octanol–water partition coefficient (Wildman–Crippen LogP) is 3.60. The number of aromatic nitrogens is 2. The second-order valence-corrected chi connectivity index (χ2v) is 7.05. The van der Waals surface area contributed by atoms with Crippen molar-refractivity contribution in [1.29, 1.82) is 0 Å². The van der Waals surface area contributed by atoms with Crippen molar-refractivity contribution in [1.82, 2.24) is 14.7 Å². The number of anilines is 1. The molecule has 4 heteroatoms. The van der Waals surface area contributed by atoms with E-state index in [0.717, 1.165) is 32.5 Å². The van der Waals surface area contributed by atoms with Gasteiger partial charge in [-0.1, -0.05) is 26.0 Å². The molecule has 1 saturated heterocycles. The van der Waals surface area contributed by atoms with Crippen LogP contribution in [0.25, 0.3) is 5.69 Å². The van der Waals surface area contributed by atoms with Gasteiger partial charge in [0.2, 0.25) is 0 Å². The summed E-state index contributed by atoms with van der Waals surface area (Å²) < 4.78 is 2.14. The van der Waals surface area contributed by atoms with Gasteiger partial charge in [-0.3, -0.25) is 0 Å². The number of hydrogen-bond donors (Lipinski definition) is 1. The monoisotopic (exact) mass is 324 g/mol. The molecule has 1 unspecified atom stereocenters. The number of aryl methyl sites for hydroxylation is 1. The molecule has 1 aromatic heterocycles. The van der Waals surface area contributed by atoms with Gasteiger partial charge >= 0.3 is 0 Å². The molecular weight excluding hydrogens is 296 g/mol. The second-order valence-electron chi connectivity index (χ2n) is 7.05. The van der Waals surface area contributed by atoms with E-state index in [2.05, 4.69) is 53.0 Å². The second kappa shape index (κ2) is 6.60. The summed E-state index contributed by atoms with van der Waals surface area (Å²) in [6, 6.07) is 8.85. The summed E-state index contributed by atoms with van der Waals surface area (Å²) in [7, 11) is 0. The van der Waals surface area contributed by atoms with Gasteiger partial charge in [0.25, 0.3) is 0 Å². The van der Waals surface area contributed by atoms with E-state index in [1.807, 2.05) is 0 Å². The molecule has 1 fully saturated rings. The Balaban J connectivity index is 1.69. The minimum atomic E-state index is 0.587.